The van der Waals surface area contributed by atoms with Crippen molar-refractivity contribution in [2.45, 2.75) is 26.0 Å². The number of anilines is 1. The molecule has 2 unspecified atom stereocenters. The monoisotopic (exact) mass is 341 g/mol. The third kappa shape index (κ3) is 2.84. The van der Waals surface area contributed by atoms with Crippen LogP contribution >= 0.6 is 0 Å². The van der Waals surface area contributed by atoms with Gasteiger partial charge < -0.3 is 9.64 Å². The zero-order valence-corrected chi connectivity index (χ0v) is 14.3. The molecule has 1 aromatic carbocycles. The van der Waals surface area contributed by atoms with Crippen LogP contribution in [-0.2, 0) is 11.3 Å². The number of fused-ring (bicyclic) bond motifs is 1. The summed E-state index contributed by atoms with van der Waals surface area (Å²) in [6, 6.07) is 8.91. The smallest absolute Gasteiger partial charge is 0.254 e. The number of methoxy groups -OCH3 is 1. The van der Waals surface area contributed by atoms with Crippen molar-refractivity contribution < 1.29 is 9.13 Å². The molecular weight excluding hydrogens is 321 g/mol. The summed E-state index contributed by atoms with van der Waals surface area (Å²) < 4.78 is 20.7. The molecule has 0 spiro atoms. The summed E-state index contributed by atoms with van der Waals surface area (Å²) in [4.78, 5) is 11.0. The highest BCUT2D eigenvalue weighted by Crippen LogP contribution is 2.40. The lowest BCUT2D eigenvalue weighted by Gasteiger charge is -2.29. The Labute approximate surface area is 145 Å². The zero-order valence-electron chi connectivity index (χ0n) is 14.3. The van der Waals surface area contributed by atoms with Gasteiger partial charge in [-0.15, -0.1) is 0 Å². The van der Waals surface area contributed by atoms with E-state index in [-0.39, 0.29) is 11.9 Å². The van der Waals surface area contributed by atoms with Crippen molar-refractivity contribution in [3.63, 3.8) is 0 Å². The summed E-state index contributed by atoms with van der Waals surface area (Å²) in [6.45, 7) is 3.48. The lowest BCUT2D eigenvalue weighted by Crippen LogP contribution is -2.27. The second-order valence-electron chi connectivity index (χ2n) is 6.47. The van der Waals surface area contributed by atoms with E-state index >= 15 is 0 Å². The van der Waals surface area contributed by atoms with Crippen LogP contribution in [0, 0.1) is 11.7 Å². The van der Waals surface area contributed by atoms with Crippen LogP contribution in [-0.4, -0.2) is 33.2 Å². The Morgan fingerprint density at radius 2 is 2.20 bits per heavy atom. The number of rotatable bonds is 4. The van der Waals surface area contributed by atoms with Crippen LogP contribution in [0.3, 0.4) is 0 Å². The molecule has 25 heavy (non-hydrogen) atoms. The van der Waals surface area contributed by atoms with Crippen LogP contribution in [0.2, 0.25) is 0 Å². The largest absolute Gasteiger partial charge is 0.378 e. The van der Waals surface area contributed by atoms with Crippen molar-refractivity contribution >= 4 is 11.6 Å². The van der Waals surface area contributed by atoms with Gasteiger partial charge in [-0.3, -0.25) is 0 Å². The SMILES string of the molecule is COCc1cc(N2CCC(C)C2c2cccc(F)c2)n2ncnc2n1. The molecule has 0 aliphatic carbocycles. The summed E-state index contributed by atoms with van der Waals surface area (Å²) in [5.74, 6) is 1.65. The Bertz CT molecular complexity index is 896. The quantitative estimate of drug-likeness (QED) is 0.730. The Morgan fingerprint density at radius 3 is 3.00 bits per heavy atom. The maximum Gasteiger partial charge on any atom is 0.254 e. The first-order valence-corrected chi connectivity index (χ1v) is 8.38. The van der Waals surface area contributed by atoms with E-state index in [0.29, 0.717) is 18.3 Å². The number of hydrogen-bond donors (Lipinski definition) is 0. The van der Waals surface area contributed by atoms with Crippen LogP contribution in [0.1, 0.15) is 30.6 Å². The highest BCUT2D eigenvalue weighted by Gasteiger charge is 2.34. The van der Waals surface area contributed by atoms with Gasteiger partial charge in [-0.05, 0) is 30.0 Å². The van der Waals surface area contributed by atoms with E-state index in [1.165, 1.54) is 12.4 Å². The topological polar surface area (TPSA) is 55.6 Å². The predicted octanol–water partition coefficient (Wildman–Crippen LogP) is 3.00. The average molecular weight is 341 g/mol. The standard InChI is InChI=1S/C18H20FN5O/c1-12-6-7-23(17(12)13-4-3-5-14(19)8-13)16-9-15(10-25-2)22-18-20-11-21-24(16)18/h3-5,8-9,11-12,17H,6-7,10H2,1-2H3. The fourth-order valence-electron chi connectivity index (χ4n) is 3.67. The maximum atomic E-state index is 13.8. The van der Waals surface area contributed by atoms with Crippen molar-refractivity contribution in [3.8, 4) is 0 Å². The molecule has 130 valence electrons. The highest BCUT2D eigenvalue weighted by molar-refractivity contribution is 5.50. The predicted molar refractivity (Wildman–Crippen MR) is 91.8 cm³/mol. The Morgan fingerprint density at radius 1 is 1.32 bits per heavy atom. The Kier molecular flexibility index (Phi) is 4.09. The second kappa shape index (κ2) is 6.40. The third-order valence-electron chi connectivity index (χ3n) is 4.76. The molecule has 7 heteroatoms. The minimum Gasteiger partial charge on any atom is -0.378 e. The van der Waals surface area contributed by atoms with Crippen LogP contribution in [0.25, 0.3) is 5.78 Å². The zero-order chi connectivity index (χ0) is 17.4. The first-order chi connectivity index (χ1) is 12.2. The summed E-state index contributed by atoms with van der Waals surface area (Å²) in [5, 5.41) is 4.32. The lowest BCUT2D eigenvalue weighted by molar-refractivity contribution is 0.181. The summed E-state index contributed by atoms with van der Waals surface area (Å²) in [7, 11) is 1.64. The molecule has 6 nitrogen and oxygen atoms in total. The number of hydrogen-bond acceptors (Lipinski definition) is 5. The first kappa shape index (κ1) is 16.0. The fraction of sp³-hybridized carbons (Fsp3) is 0.389. The second-order valence-corrected chi connectivity index (χ2v) is 6.47. The van der Waals surface area contributed by atoms with E-state index in [1.54, 1.807) is 23.8 Å². The Hall–Kier alpha value is -2.54. The molecule has 0 bridgehead atoms. The van der Waals surface area contributed by atoms with E-state index < -0.39 is 0 Å². The Balaban J connectivity index is 1.82. The molecule has 1 aliphatic rings. The molecule has 1 aliphatic heterocycles. The molecule has 3 heterocycles. The van der Waals surface area contributed by atoms with Crippen molar-refractivity contribution in [3.05, 3.63) is 53.7 Å². The van der Waals surface area contributed by atoms with Gasteiger partial charge in [-0.1, -0.05) is 19.1 Å². The van der Waals surface area contributed by atoms with Crippen LogP contribution in [0.5, 0.6) is 0 Å². The highest BCUT2D eigenvalue weighted by atomic mass is 19.1. The number of halogens is 1. The first-order valence-electron chi connectivity index (χ1n) is 8.38. The molecular formula is C18H20FN5O. The normalized spacial score (nSPS) is 20.5. The third-order valence-corrected chi connectivity index (χ3v) is 4.76. The molecule has 0 radical (unpaired) electrons. The molecule has 3 aromatic rings. The summed E-state index contributed by atoms with van der Waals surface area (Å²) >= 11 is 0. The van der Waals surface area contributed by atoms with Gasteiger partial charge in [0.2, 0.25) is 0 Å². The van der Waals surface area contributed by atoms with E-state index in [1.807, 2.05) is 12.1 Å². The van der Waals surface area contributed by atoms with E-state index in [4.69, 9.17) is 4.74 Å². The van der Waals surface area contributed by atoms with Crippen molar-refractivity contribution in [1.29, 1.82) is 0 Å². The van der Waals surface area contributed by atoms with Crippen molar-refractivity contribution in [2.75, 3.05) is 18.6 Å². The molecule has 0 saturated carbocycles. The van der Waals surface area contributed by atoms with Crippen LogP contribution < -0.4 is 4.90 Å². The van der Waals surface area contributed by atoms with E-state index in [9.17, 15) is 4.39 Å². The minimum atomic E-state index is -0.211. The number of nitrogens with zero attached hydrogens (tertiary/aromatic N) is 5. The average Bonchev–Trinajstić information content (AvgIpc) is 3.21. The van der Waals surface area contributed by atoms with E-state index in [2.05, 4.69) is 26.9 Å². The summed E-state index contributed by atoms with van der Waals surface area (Å²) in [6.07, 6.45) is 2.53. The van der Waals surface area contributed by atoms with Crippen molar-refractivity contribution in [2.24, 2.45) is 5.92 Å². The van der Waals surface area contributed by atoms with Gasteiger partial charge in [0.15, 0.2) is 0 Å². The number of ether oxygens (including phenoxy) is 1. The molecule has 0 N–H and O–H groups in total. The van der Waals surface area contributed by atoms with Gasteiger partial charge in [-0.25, -0.2) is 9.37 Å². The maximum absolute atomic E-state index is 13.8. The molecule has 0 amide bonds. The molecule has 2 atom stereocenters. The molecule has 4 rings (SSSR count). The van der Waals surface area contributed by atoms with Gasteiger partial charge in [0, 0.05) is 19.7 Å². The molecule has 1 saturated heterocycles. The van der Waals surface area contributed by atoms with Gasteiger partial charge in [0.05, 0.1) is 18.3 Å². The number of aromatic nitrogens is 4. The van der Waals surface area contributed by atoms with Crippen LogP contribution in [0.4, 0.5) is 10.2 Å². The number of benzene rings is 1. The molecule has 1 fully saturated rings. The van der Waals surface area contributed by atoms with Gasteiger partial charge in [0.1, 0.15) is 18.0 Å². The lowest BCUT2D eigenvalue weighted by atomic mass is 9.95. The van der Waals surface area contributed by atoms with Crippen molar-refractivity contribution in [1.82, 2.24) is 19.6 Å². The fourth-order valence-corrected chi connectivity index (χ4v) is 3.67. The molecule has 2 aromatic heterocycles. The van der Waals surface area contributed by atoms with E-state index in [0.717, 1.165) is 30.0 Å². The van der Waals surface area contributed by atoms with Crippen LogP contribution in [0.15, 0.2) is 36.7 Å². The summed E-state index contributed by atoms with van der Waals surface area (Å²) in [5.41, 5.74) is 1.78. The van der Waals surface area contributed by atoms with Gasteiger partial charge >= 0.3 is 0 Å². The minimum absolute atomic E-state index is 0.0842. The van der Waals surface area contributed by atoms with Gasteiger partial charge in [0.25, 0.3) is 5.78 Å². The van der Waals surface area contributed by atoms with Gasteiger partial charge in [-0.2, -0.15) is 14.6 Å².